The first-order valence-electron chi connectivity index (χ1n) is 6.77. The van der Waals surface area contributed by atoms with Crippen LogP contribution in [0.3, 0.4) is 0 Å². The Labute approximate surface area is 120 Å². The monoisotopic (exact) mass is 271 g/mol. The topological polar surface area (TPSA) is 47.0 Å². The number of ether oxygens (including phenoxy) is 1. The summed E-state index contributed by atoms with van der Waals surface area (Å²) in [7, 11) is 1.70. The lowest BCUT2D eigenvalue weighted by molar-refractivity contribution is 0.406. The Hall–Kier alpha value is -1.94. The minimum Gasteiger partial charge on any atom is -0.496 e. The first-order valence-corrected chi connectivity index (χ1v) is 6.77. The van der Waals surface area contributed by atoms with Gasteiger partial charge in [0.15, 0.2) is 0 Å². The van der Waals surface area contributed by atoms with E-state index in [4.69, 9.17) is 4.74 Å². The van der Waals surface area contributed by atoms with Gasteiger partial charge in [0.05, 0.1) is 18.5 Å². The van der Waals surface area contributed by atoms with Crippen molar-refractivity contribution >= 4 is 0 Å². The van der Waals surface area contributed by atoms with Crippen molar-refractivity contribution in [3.63, 3.8) is 0 Å². The van der Waals surface area contributed by atoms with Crippen LogP contribution in [0.4, 0.5) is 0 Å². The lowest BCUT2D eigenvalue weighted by Crippen LogP contribution is -2.20. The average Bonchev–Trinajstić information content (AvgIpc) is 2.47. The van der Waals surface area contributed by atoms with Crippen molar-refractivity contribution < 1.29 is 4.74 Å². The smallest absolute Gasteiger partial charge is 0.128 e. The van der Waals surface area contributed by atoms with Gasteiger partial charge in [0.1, 0.15) is 5.75 Å². The zero-order valence-electron chi connectivity index (χ0n) is 12.5. The van der Waals surface area contributed by atoms with Crippen molar-refractivity contribution in [2.24, 2.45) is 0 Å². The van der Waals surface area contributed by atoms with Gasteiger partial charge in [-0.05, 0) is 32.9 Å². The van der Waals surface area contributed by atoms with Crippen LogP contribution in [0.2, 0.25) is 0 Å². The van der Waals surface area contributed by atoms with Crippen LogP contribution in [0.15, 0.2) is 30.6 Å². The van der Waals surface area contributed by atoms with Crippen molar-refractivity contribution in [1.29, 1.82) is 0 Å². The van der Waals surface area contributed by atoms with Crippen LogP contribution >= 0.6 is 0 Å². The summed E-state index contributed by atoms with van der Waals surface area (Å²) in [5, 5.41) is 3.45. The molecule has 0 saturated heterocycles. The molecule has 0 radical (unpaired) electrons. The van der Waals surface area contributed by atoms with E-state index in [2.05, 4.69) is 22.2 Å². The van der Waals surface area contributed by atoms with Gasteiger partial charge < -0.3 is 10.1 Å². The van der Waals surface area contributed by atoms with Gasteiger partial charge in [-0.25, -0.2) is 0 Å². The molecular formula is C16H21N3O. The van der Waals surface area contributed by atoms with Crippen molar-refractivity contribution in [3.05, 3.63) is 53.1 Å². The molecule has 1 unspecified atom stereocenters. The Morgan fingerprint density at radius 3 is 2.70 bits per heavy atom. The Morgan fingerprint density at radius 1 is 1.25 bits per heavy atom. The molecule has 0 amide bonds. The van der Waals surface area contributed by atoms with Crippen LogP contribution in [0.25, 0.3) is 0 Å². The molecule has 0 saturated carbocycles. The SMILES string of the molecule is COc1c(C)cnc(CNC(C)c2ccccn2)c1C. The molecule has 0 aliphatic rings. The number of aromatic nitrogens is 2. The van der Waals surface area contributed by atoms with Crippen LogP contribution in [0.1, 0.15) is 35.5 Å². The van der Waals surface area contributed by atoms with E-state index in [-0.39, 0.29) is 6.04 Å². The van der Waals surface area contributed by atoms with E-state index in [1.807, 2.05) is 44.4 Å². The molecule has 0 aromatic carbocycles. The highest BCUT2D eigenvalue weighted by atomic mass is 16.5. The van der Waals surface area contributed by atoms with E-state index in [0.717, 1.165) is 28.3 Å². The fourth-order valence-electron chi connectivity index (χ4n) is 2.24. The molecule has 106 valence electrons. The normalized spacial score (nSPS) is 12.2. The largest absolute Gasteiger partial charge is 0.496 e. The number of hydrogen-bond donors (Lipinski definition) is 1. The van der Waals surface area contributed by atoms with Crippen molar-refractivity contribution in [2.75, 3.05) is 7.11 Å². The van der Waals surface area contributed by atoms with E-state index < -0.39 is 0 Å². The van der Waals surface area contributed by atoms with E-state index in [0.29, 0.717) is 6.54 Å². The van der Waals surface area contributed by atoms with E-state index >= 15 is 0 Å². The summed E-state index contributed by atoms with van der Waals surface area (Å²) in [5.41, 5.74) is 4.19. The summed E-state index contributed by atoms with van der Waals surface area (Å²) in [6.07, 6.45) is 3.67. The lowest BCUT2D eigenvalue weighted by atomic mass is 10.1. The van der Waals surface area contributed by atoms with Crippen molar-refractivity contribution in [3.8, 4) is 5.75 Å². The number of nitrogens with zero attached hydrogens (tertiary/aromatic N) is 2. The van der Waals surface area contributed by atoms with E-state index in [1.165, 1.54) is 0 Å². The van der Waals surface area contributed by atoms with E-state index in [9.17, 15) is 0 Å². The minimum atomic E-state index is 0.185. The quantitative estimate of drug-likeness (QED) is 0.908. The average molecular weight is 271 g/mol. The summed E-state index contributed by atoms with van der Waals surface area (Å²) < 4.78 is 5.43. The van der Waals surface area contributed by atoms with Gasteiger partial charge >= 0.3 is 0 Å². The Balaban J connectivity index is 2.08. The molecule has 0 aliphatic carbocycles. The third-order valence-corrected chi connectivity index (χ3v) is 3.46. The Kier molecular flexibility index (Phi) is 4.69. The molecule has 2 rings (SSSR count). The first kappa shape index (κ1) is 14.5. The lowest BCUT2D eigenvalue weighted by Gasteiger charge is -2.16. The van der Waals surface area contributed by atoms with Crippen LogP contribution in [0, 0.1) is 13.8 Å². The molecule has 2 aromatic rings. The molecule has 0 bridgehead atoms. The number of hydrogen-bond acceptors (Lipinski definition) is 4. The Bertz CT molecular complexity index is 569. The molecule has 4 nitrogen and oxygen atoms in total. The predicted octanol–water partition coefficient (Wildman–Crippen LogP) is 2.95. The molecule has 2 aromatic heterocycles. The summed E-state index contributed by atoms with van der Waals surface area (Å²) in [4.78, 5) is 8.84. The van der Waals surface area contributed by atoms with E-state index in [1.54, 1.807) is 7.11 Å². The minimum absolute atomic E-state index is 0.185. The molecule has 20 heavy (non-hydrogen) atoms. The predicted molar refractivity (Wildman–Crippen MR) is 79.8 cm³/mol. The summed E-state index contributed by atoms with van der Waals surface area (Å²) >= 11 is 0. The second-order valence-electron chi connectivity index (χ2n) is 4.90. The summed E-state index contributed by atoms with van der Waals surface area (Å²) in [6.45, 7) is 6.84. The zero-order valence-corrected chi connectivity index (χ0v) is 12.5. The van der Waals surface area contributed by atoms with Gasteiger partial charge in [0.25, 0.3) is 0 Å². The molecule has 4 heteroatoms. The maximum absolute atomic E-state index is 5.43. The highest BCUT2D eigenvalue weighted by Crippen LogP contribution is 2.24. The molecular weight excluding hydrogens is 250 g/mol. The molecule has 0 spiro atoms. The van der Waals surface area contributed by atoms with Gasteiger partial charge in [-0.3, -0.25) is 9.97 Å². The maximum Gasteiger partial charge on any atom is 0.128 e. The number of aryl methyl sites for hydroxylation is 1. The fraction of sp³-hybridized carbons (Fsp3) is 0.375. The molecule has 2 heterocycles. The number of nitrogens with one attached hydrogen (secondary N) is 1. The zero-order chi connectivity index (χ0) is 14.5. The fourth-order valence-corrected chi connectivity index (χ4v) is 2.24. The van der Waals surface area contributed by atoms with Gasteiger partial charge in [-0.2, -0.15) is 0 Å². The van der Waals surface area contributed by atoms with Gasteiger partial charge in [-0.1, -0.05) is 6.07 Å². The summed E-state index contributed by atoms with van der Waals surface area (Å²) in [6, 6.07) is 6.13. The standard InChI is InChI=1S/C16H21N3O/c1-11-9-19-15(12(2)16(11)20-4)10-18-13(3)14-7-5-6-8-17-14/h5-9,13,18H,10H2,1-4H3. The van der Waals surface area contributed by atoms with Crippen molar-refractivity contribution in [1.82, 2.24) is 15.3 Å². The molecule has 0 aliphatic heterocycles. The van der Waals surface area contributed by atoms with Gasteiger partial charge in [-0.15, -0.1) is 0 Å². The van der Waals surface area contributed by atoms with Crippen LogP contribution < -0.4 is 10.1 Å². The second kappa shape index (κ2) is 6.48. The number of rotatable bonds is 5. The van der Waals surface area contributed by atoms with Gasteiger partial charge in [0, 0.05) is 36.1 Å². The molecule has 0 fully saturated rings. The summed E-state index contributed by atoms with van der Waals surface area (Å²) in [5.74, 6) is 0.919. The molecule has 1 N–H and O–H groups in total. The van der Waals surface area contributed by atoms with Gasteiger partial charge in [0.2, 0.25) is 0 Å². The maximum atomic E-state index is 5.43. The highest BCUT2D eigenvalue weighted by Gasteiger charge is 2.11. The number of pyridine rings is 2. The molecule has 1 atom stereocenters. The highest BCUT2D eigenvalue weighted by molar-refractivity contribution is 5.41. The van der Waals surface area contributed by atoms with Crippen LogP contribution in [-0.4, -0.2) is 17.1 Å². The van der Waals surface area contributed by atoms with Crippen LogP contribution in [0.5, 0.6) is 5.75 Å². The van der Waals surface area contributed by atoms with Crippen LogP contribution in [-0.2, 0) is 6.54 Å². The third-order valence-electron chi connectivity index (χ3n) is 3.46. The third kappa shape index (κ3) is 3.14. The number of methoxy groups -OCH3 is 1. The Morgan fingerprint density at radius 2 is 2.05 bits per heavy atom. The van der Waals surface area contributed by atoms with Crippen molar-refractivity contribution in [2.45, 2.75) is 33.4 Å². The second-order valence-corrected chi connectivity index (χ2v) is 4.90. The first-order chi connectivity index (χ1) is 9.63.